The number of nitrogens with zero attached hydrogens (tertiary/aromatic N) is 2. The van der Waals surface area contributed by atoms with Crippen molar-refractivity contribution in [3.63, 3.8) is 0 Å². The Morgan fingerprint density at radius 2 is 2.23 bits per heavy atom. The van der Waals surface area contributed by atoms with E-state index in [1.54, 1.807) is 23.7 Å². The van der Waals surface area contributed by atoms with E-state index in [0.29, 0.717) is 24.4 Å². The largest absolute Gasteiger partial charge is 0.357 e. The number of hydrogen-bond donors (Lipinski definition) is 3. The number of aromatic nitrogens is 2. The average Bonchev–Trinajstić information content (AvgIpc) is 3.34. The molecule has 3 amide bonds. The van der Waals surface area contributed by atoms with E-state index in [0.717, 1.165) is 5.01 Å². The lowest BCUT2D eigenvalue weighted by Gasteiger charge is -2.22. The van der Waals surface area contributed by atoms with Crippen LogP contribution in [0.3, 0.4) is 0 Å². The Labute approximate surface area is 155 Å². The van der Waals surface area contributed by atoms with Gasteiger partial charge in [0.1, 0.15) is 17.4 Å². The lowest BCUT2D eigenvalue weighted by Crippen LogP contribution is -2.46. The fourth-order valence-electron chi connectivity index (χ4n) is 3.05. The number of hydrogen-bond acceptors (Lipinski definition) is 5. The van der Waals surface area contributed by atoms with Crippen molar-refractivity contribution in [3.8, 4) is 0 Å². The second kappa shape index (κ2) is 7.69. The lowest BCUT2D eigenvalue weighted by atomic mass is 10.1. The van der Waals surface area contributed by atoms with E-state index in [2.05, 4.69) is 20.6 Å². The summed E-state index contributed by atoms with van der Waals surface area (Å²) in [5.41, 5.74) is 0.776. The highest BCUT2D eigenvalue weighted by Gasteiger charge is 2.41. The number of aryl methyl sites for hydroxylation is 1. The summed E-state index contributed by atoms with van der Waals surface area (Å²) < 4.78 is 0. The van der Waals surface area contributed by atoms with Crippen molar-refractivity contribution in [1.82, 2.24) is 25.5 Å². The minimum Gasteiger partial charge on any atom is -0.357 e. The molecule has 0 aliphatic carbocycles. The number of H-pyrrole nitrogens is 1. The summed E-state index contributed by atoms with van der Waals surface area (Å²) in [6, 6.07) is 2.48. The number of amides is 3. The Kier molecular flexibility index (Phi) is 5.36. The summed E-state index contributed by atoms with van der Waals surface area (Å²) in [6.07, 6.45) is 2.04. The number of aromatic amines is 1. The molecule has 0 radical (unpaired) electrons. The molecule has 9 heteroatoms. The van der Waals surface area contributed by atoms with Crippen molar-refractivity contribution in [3.05, 3.63) is 40.1 Å². The maximum absolute atomic E-state index is 12.8. The van der Waals surface area contributed by atoms with E-state index in [1.807, 2.05) is 13.8 Å². The third kappa shape index (κ3) is 3.77. The molecule has 8 nitrogen and oxygen atoms in total. The zero-order chi connectivity index (χ0) is 18.7. The number of thiazole rings is 1. The Morgan fingerprint density at radius 1 is 1.42 bits per heavy atom. The van der Waals surface area contributed by atoms with Crippen LogP contribution in [-0.4, -0.2) is 57.8 Å². The van der Waals surface area contributed by atoms with E-state index in [1.165, 1.54) is 16.2 Å². The molecular weight excluding hydrogens is 354 g/mol. The van der Waals surface area contributed by atoms with Gasteiger partial charge in [0.15, 0.2) is 0 Å². The van der Waals surface area contributed by atoms with Crippen LogP contribution in [0, 0.1) is 6.92 Å². The second-order valence-corrected chi connectivity index (χ2v) is 7.17. The van der Waals surface area contributed by atoms with Crippen LogP contribution in [0.4, 0.5) is 0 Å². The number of likely N-dealkylation sites (tertiary alicyclic amines) is 1. The first-order valence-electron chi connectivity index (χ1n) is 8.44. The highest BCUT2D eigenvalue weighted by Crippen LogP contribution is 2.22. The zero-order valence-corrected chi connectivity index (χ0v) is 15.4. The minimum atomic E-state index is -0.626. The molecule has 3 N–H and O–H groups in total. The Bertz CT molecular complexity index is 801. The Balaban J connectivity index is 1.75. The van der Waals surface area contributed by atoms with Gasteiger partial charge < -0.3 is 20.5 Å². The predicted molar refractivity (Wildman–Crippen MR) is 97.0 cm³/mol. The molecule has 2 atom stereocenters. The van der Waals surface area contributed by atoms with Crippen molar-refractivity contribution in [2.24, 2.45) is 0 Å². The molecule has 1 aliphatic rings. The van der Waals surface area contributed by atoms with Crippen LogP contribution in [-0.2, 0) is 4.79 Å². The minimum absolute atomic E-state index is 0.218. The number of nitrogens with one attached hydrogen (secondary N) is 3. The highest BCUT2D eigenvalue weighted by molar-refractivity contribution is 7.09. The maximum Gasteiger partial charge on any atom is 0.274 e. The summed E-state index contributed by atoms with van der Waals surface area (Å²) in [4.78, 5) is 46.1. The molecule has 2 aromatic rings. The normalized spacial score (nSPS) is 19.4. The Morgan fingerprint density at radius 3 is 2.85 bits per heavy atom. The van der Waals surface area contributed by atoms with Gasteiger partial charge in [-0.2, -0.15) is 0 Å². The first kappa shape index (κ1) is 18.1. The molecule has 3 rings (SSSR count). The Hall–Kier alpha value is -2.68. The monoisotopic (exact) mass is 375 g/mol. The number of likely N-dealkylation sites (N-methyl/N-ethyl adjacent to an activating group) is 1. The molecule has 1 saturated heterocycles. The molecule has 0 unspecified atom stereocenters. The summed E-state index contributed by atoms with van der Waals surface area (Å²) >= 11 is 1.39. The molecule has 3 heterocycles. The molecule has 0 bridgehead atoms. The van der Waals surface area contributed by atoms with Gasteiger partial charge in [-0.1, -0.05) is 0 Å². The van der Waals surface area contributed by atoms with Gasteiger partial charge in [0.2, 0.25) is 5.91 Å². The van der Waals surface area contributed by atoms with Gasteiger partial charge in [-0.25, -0.2) is 4.98 Å². The fourth-order valence-corrected chi connectivity index (χ4v) is 3.64. The first-order chi connectivity index (χ1) is 12.5. The van der Waals surface area contributed by atoms with Crippen molar-refractivity contribution in [2.45, 2.75) is 32.4 Å². The quantitative estimate of drug-likeness (QED) is 0.722. The van der Waals surface area contributed by atoms with Gasteiger partial charge in [0, 0.05) is 30.7 Å². The lowest BCUT2D eigenvalue weighted by molar-refractivity contribution is -0.124. The molecule has 0 saturated carbocycles. The van der Waals surface area contributed by atoms with Crippen LogP contribution in [0.5, 0.6) is 0 Å². The molecule has 0 aromatic carbocycles. The van der Waals surface area contributed by atoms with Crippen LogP contribution >= 0.6 is 11.3 Å². The summed E-state index contributed by atoms with van der Waals surface area (Å²) in [5, 5.41) is 8.13. The van der Waals surface area contributed by atoms with Gasteiger partial charge in [-0.15, -0.1) is 11.3 Å². The van der Waals surface area contributed by atoms with Gasteiger partial charge in [-0.05, 0) is 32.4 Å². The van der Waals surface area contributed by atoms with Crippen molar-refractivity contribution in [1.29, 1.82) is 0 Å². The highest BCUT2D eigenvalue weighted by atomic mass is 32.1. The van der Waals surface area contributed by atoms with E-state index in [-0.39, 0.29) is 30.3 Å². The molecule has 1 aliphatic heterocycles. The van der Waals surface area contributed by atoms with Gasteiger partial charge in [0.05, 0.1) is 5.01 Å². The molecular formula is C17H21N5O3S. The summed E-state index contributed by atoms with van der Waals surface area (Å²) in [5.74, 6) is -0.764. The molecule has 1 fully saturated rings. The van der Waals surface area contributed by atoms with Crippen LogP contribution in [0.1, 0.15) is 39.3 Å². The van der Waals surface area contributed by atoms with E-state index in [4.69, 9.17) is 0 Å². The van der Waals surface area contributed by atoms with Gasteiger partial charge >= 0.3 is 0 Å². The topological polar surface area (TPSA) is 107 Å². The molecule has 26 heavy (non-hydrogen) atoms. The van der Waals surface area contributed by atoms with Crippen LogP contribution < -0.4 is 10.6 Å². The molecule has 138 valence electrons. The van der Waals surface area contributed by atoms with Crippen LogP contribution in [0.25, 0.3) is 0 Å². The standard InChI is InChI=1S/C17H21N5O3S/c1-3-18-16(24)14-7-11(21-15(23)12-5-4-6-19-12)8-22(14)17(25)13-9-26-10(2)20-13/h4-6,9,11,14,19H,3,7-8H2,1-2H3,(H,18,24)(H,21,23)/t11-,14-/m0/s1. The van der Waals surface area contributed by atoms with Gasteiger partial charge in [0.25, 0.3) is 11.8 Å². The zero-order valence-electron chi connectivity index (χ0n) is 14.6. The van der Waals surface area contributed by atoms with E-state index < -0.39 is 6.04 Å². The summed E-state index contributed by atoms with van der Waals surface area (Å²) in [7, 11) is 0. The van der Waals surface area contributed by atoms with Crippen molar-refractivity contribution in [2.75, 3.05) is 13.1 Å². The molecule has 0 spiro atoms. The third-order valence-corrected chi connectivity index (χ3v) is 5.01. The van der Waals surface area contributed by atoms with Gasteiger partial charge in [-0.3, -0.25) is 14.4 Å². The number of rotatable bonds is 5. The van der Waals surface area contributed by atoms with Crippen molar-refractivity contribution >= 4 is 29.1 Å². The first-order valence-corrected chi connectivity index (χ1v) is 9.32. The van der Waals surface area contributed by atoms with Crippen LogP contribution in [0.2, 0.25) is 0 Å². The number of carbonyl (C=O) groups excluding carboxylic acids is 3. The summed E-state index contributed by atoms with van der Waals surface area (Å²) in [6.45, 7) is 4.40. The maximum atomic E-state index is 12.8. The predicted octanol–water partition coefficient (Wildman–Crippen LogP) is 0.929. The average molecular weight is 375 g/mol. The van der Waals surface area contributed by atoms with Crippen LogP contribution in [0.15, 0.2) is 23.7 Å². The molecule has 2 aromatic heterocycles. The smallest absolute Gasteiger partial charge is 0.274 e. The second-order valence-electron chi connectivity index (χ2n) is 6.11. The fraction of sp³-hybridized carbons (Fsp3) is 0.412. The van der Waals surface area contributed by atoms with E-state index in [9.17, 15) is 14.4 Å². The van der Waals surface area contributed by atoms with E-state index >= 15 is 0 Å². The SMILES string of the molecule is CCNC(=O)[C@@H]1C[C@H](NC(=O)c2ccc[nH]2)CN1C(=O)c1csc(C)n1. The third-order valence-electron chi connectivity index (χ3n) is 4.23. The van der Waals surface area contributed by atoms with Crippen molar-refractivity contribution < 1.29 is 14.4 Å². The number of carbonyl (C=O) groups is 3.